The van der Waals surface area contributed by atoms with E-state index in [-0.39, 0.29) is 11.8 Å². The fourth-order valence-corrected chi connectivity index (χ4v) is 2.33. The van der Waals surface area contributed by atoms with Gasteiger partial charge in [0.1, 0.15) is 20.3 Å². The smallest absolute Gasteiger partial charge is 0.401 e. The fourth-order valence-electron chi connectivity index (χ4n) is 1.21. The highest BCUT2D eigenvalue weighted by molar-refractivity contribution is 8.24. The Balaban J connectivity index is 2.07. The van der Waals surface area contributed by atoms with Crippen LogP contribution in [0.1, 0.15) is 5.76 Å². The first-order chi connectivity index (χ1) is 8.06. The minimum Gasteiger partial charge on any atom is -0.401 e. The Bertz CT molecular complexity index is 523. The van der Waals surface area contributed by atoms with Crippen molar-refractivity contribution in [2.75, 3.05) is 0 Å². The van der Waals surface area contributed by atoms with Crippen molar-refractivity contribution in [1.82, 2.24) is 5.32 Å². The minimum atomic E-state index is -0.622. The maximum atomic E-state index is 11.3. The lowest BCUT2D eigenvalue weighted by Crippen LogP contribution is -2.22. The monoisotopic (exact) mass is 270 g/mol. The Labute approximate surface area is 105 Å². The lowest BCUT2D eigenvalue weighted by atomic mass is 10.3. The van der Waals surface area contributed by atoms with E-state index in [1.54, 1.807) is 6.08 Å². The summed E-state index contributed by atoms with van der Waals surface area (Å²) >= 11 is 6.04. The van der Waals surface area contributed by atoms with E-state index in [1.165, 1.54) is 30.0 Å². The molecule has 1 aliphatic rings. The van der Waals surface area contributed by atoms with Crippen LogP contribution in [0.4, 0.5) is 5.88 Å². The molecule has 2 heterocycles. The summed E-state index contributed by atoms with van der Waals surface area (Å²) in [6.07, 6.45) is 3.10. The number of amides is 1. The second kappa shape index (κ2) is 4.68. The molecule has 1 fully saturated rings. The van der Waals surface area contributed by atoms with E-state index >= 15 is 0 Å². The number of hydrogen-bond acceptors (Lipinski definition) is 6. The van der Waals surface area contributed by atoms with E-state index in [0.29, 0.717) is 10.1 Å². The summed E-state index contributed by atoms with van der Waals surface area (Å²) in [5.41, 5.74) is 0. The molecule has 1 saturated heterocycles. The molecule has 88 valence electrons. The second-order valence-corrected chi connectivity index (χ2v) is 4.93. The average Bonchev–Trinajstić information content (AvgIpc) is 2.82. The van der Waals surface area contributed by atoms with Gasteiger partial charge >= 0.3 is 5.88 Å². The molecule has 2 rings (SSSR count). The molecule has 0 aromatic carbocycles. The van der Waals surface area contributed by atoms with Gasteiger partial charge in [0.05, 0.1) is 6.07 Å². The first-order valence-corrected chi connectivity index (χ1v) is 5.79. The van der Waals surface area contributed by atoms with Crippen molar-refractivity contribution in [3.8, 4) is 0 Å². The number of nitro groups is 1. The molecule has 0 aliphatic carbocycles. The molecule has 1 unspecified atom stereocenters. The molecular formula is C9H6N2O4S2. The maximum Gasteiger partial charge on any atom is 0.433 e. The zero-order valence-electron chi connectivity index (χ0n) is 8.28. The van der Waals surface area contributed by atoms with Crippen molar-refractivity contribution in [3.63, 3.8) is 0 Å². The third-order valence-electron chi connectivity index (χ3n) is 1.95. The summed E-state index contributed by atoms with van der Waals surface area (Å²) in [6, 6.07) is 2.72. The number of thioether (sulfide) groups is 1. The number of nitrogens with one attached hydrogen (secondary N) is 1. The van der Waals surface area contributed by atoms with Crippen molar-refractivity contribution in [2.24, 2.45) is 0 Å². The predicted molar refractivity (Wildman–Crippen MR) is 66.5 cm³/mol. The number of nitrogens with zero attached hydrogens (tertiary/aromatic N) is 1. The molecule has 1 aliphatic heterocycles. The summed E-state index contributed by atoms with van der Waals surface area (Å²) < 4.78 is 5.33. The first-order valence-electron chi connectivity index (χ1n) is 4.50. The molecule has 1 aromatic heterocycles. The van der Waals surface area contributed by atoms with Gasteiger partial charge in [-0.2, -0.15) is 0 Å². The fraction of sp³-hybridized carbons (Fsp3) is 0.111. The number of furan rings is 1. The lowest BCUT2D eigenvalue weighted by Gasteiger charge is -1.94. The lowest BCUT2D eigenvalue weighted by molar-refractivity contribution is -0.402. The molecule has 17 heavy (non-hydrogen) atoms. The average molecular weight is 270 g/mol. The topological polar surface area (TPSA) is 85.4 Å². The van der Waals surface area contributed by atoms with Crippen molar-refractivity contribution >= 4 is 46.2 Å². The van der Waals surface area contributed by atoms with Gasteiger partial charge in [-0.3, -0.25) is 14.9 Å². The van der Waals surface area contributed by atoms with Gasteiger partial charge in [-0.15, -0.1) is 0 Å². The van der Waals surface area contributed by atoms with Gasteiger partial charge in [0.2, 0.25) is 5.91 Å². The second-order valence-electron chi connectivity index (χ2n) is 3.11. The van der Waals surface area contributed by atoms with Crippen LogP contribution in [0.15, 0.2) is 22.6 Å². The number of rotatable bonds is 3. The van der Waals surface area contributed by atoms with Crippen LogP contribution in [0.3, 0.4) is 0 Å². The molecule has 0 bridgehead atoms. The number of thiocarbonyl (C=S) groups is 1. The van der Waals surface area contributed by atoms with Gasteiger partial charge in [0.25, 0.3) is 0 Å². The third kappa shape index (κ3) is 2.71. The Kier molecular flexibility index (Phi) is 3.25. The summed E-state index contributed by atoms with van der Waals surface area (Å²) in [5.74, 6) is -0.205. The van der Waals surface area contributed by atoms with Gasteiger partial charge in [-0.25, -0.2) is 0 Å². The first kappa shape index (κ1) is 11.8. The highest BCUT2D eigenvalue weighted by Gasteiger charge is 2.26. The molecule has 8 heteroatoms. The summed E-state index contributed by atoms with van der Waals surface area (Å²) in [4.78, 5) is 21.1. The van der Waals surface area contributed by atoms with E-state index in [2.05, 4.69) is 5.32 Å². The van der Waals surface area contributed by atoms with Gasteiger partial charge in [0, 0.05) is 0 Å². The third-order valence-corrected chi connectivity index (χ3v) is 3.28. The van der Waals surface area contributed by atoms with Gasteiger partial charge in [-0.1, -0.05) is 30.1 Å². The molecule has 1 aromatic rings. The number of carbonyl (C=O) groups is 1. The van der Waals surface area contributed by atoms with Crippen molar-refractivity contribution in [2.45, 2.75) is 5.25 Å². The van der Waals surface area contributed by atoms with Crippen LogP contribution >= 0.6 is 24.0 Å². The number of hydrogen-bond donors (Lipinski definition) is 1. The highest BCUT2D eigenvalue weighted by atomic mass is 32.2. The van der Waals surface area contributed by atoms with Crippen LogP contribution in [0.25, 0.3) is 6.08 Å². The van der Waals surface area contributed by atoms with Crippen LogP contribution in [0.5, 0.6) is 0 Å². The van der Waals surface area contributed by atoms with Gasteiger partial charge in [0.15, 0.2) is 0 Å². The predicted octanol–water partition coefficient (Wildman–Crippen LogP) is 1.72. The van der Waals surface area contributed by atoms with Crippen LogP contribution in [0, 0.1) is 10.1 Å². The van der Waals surface area contributed by atoms with Crippen LogP contribution in [-0.2, 0) is 4.79 Å². The molecule has 1 N–H and O–H groups in total. The normalized spacial score (nSPS) is 19.9. The van der Waals surface area contributed by atoms with Crippen molar-refractivity contribution in [3.05, 3.63) is 34.1 Å². The zero-order chi connectivity index (χ0) is 12.4. The summed E-state index contributed by atoms with van der Waals surface area (Å²) in [7, 11) is 0. The van der Waals surface area contributed by atoms with Crippen molar-refractivity contribution in [1.29, 1.82) is 0 Å². The Morgan fingerprint density at radius 2 is 2.35 bits per heavy atom. The van der Waals surface area contributed by atoms with Crippen LogP contribution < -0.4 is 5.32 Å². The SMILES string of the molecule is O=C1NC(=S)SC1C=Cc1ccc([N+](=O)[O-])o1. The number of carbonyl (C=O) groups excluding carboxylic acids is 1. The minimum absolute atomic E-state index is 0.197. The molecule has 0 spiro atoms. The van der Waals surface area contributed by atoms with Crippen molar-refractivity contribution < 1.29 is 14.1 Å². The Morgan fingerprint density at radius 3 is 2.88 bits per heavy atom. The maximum absolute atomic E-state index is 11.3. The van der Waals surface area contributed by atoms with Crippen LogP contribution in [0.2, 0.25) is 0 Å². The van der Waals surface area contributed by atoms with Gasteiger partial charge < -0.3 is 9.73 Å². The summed E-state index contributed by atoms with van der Waals surface area (Å²) in [6.45, 7) is 0. The molecule has 1 amide bonds. The molecular weight excluding hydrogens is 264 g/mol. The van der Waals surface area contributed by atoms with Gasteiger partial charge in [-0.05, 0) is 12.1 Å². The van der Waals surface area contributed by atoms with E-state index in [0.717, 1.165) is 0 Å². The standard InChI is InChI=1S/C9H6N2O4S2/c12-8-6(17-9(16)10-8)3-1-5-2-4-7(15-5)11(13)14/h1-4,6H,(H,10,12,16). The molecule has 0 radical (unpaired) electrons. The Morgan fingerprint density at radius 1 is 1.59 bits per heavy atom. The van der Waals surface area contributed by atoms with E-state index in [4.69, 9.17) is 16.6 Å². The van der Waals surface area contributed by atoms with E-state index < -0.39 is 10.2 Å². The zero-order valence-corrected chi connectivity index (χ0v) is 9.92. The quantitative estimate of drug-likeness (QED) is 0.511. The largest absolute Gasteiger partial charge is 0.433 e. The molecule has 6 nitrogen and oxygen atoms in total. The van der Waals surface area contributed by atoms with E-state index in [9.17, 15) is 14.9 Å². The highest BCUT2D eigenvalue weighted by Crippen LogP contribution is 2.22. The Hall–Kier alpha value is -1.67. The van der Waals surface area contributed by atoms with E-state index in [1.807, 2.05) is 0 Å². The molecule has 1 atom stereocenters. The molecule has 0 saturated carbocycles. The summed E-state index contributed by atoms with van der Waals surface area (Å²) in [5, 5.41) is 12.5. The van der Waals surface area contributed by atoms with Crippen LogP contribution in [-0.4, -0.2) is 20.4 Å².